The normalized spacial score (nSPS) is 10.7. The minimum atomic E-state index is -0.392. The van der Waals surface area contributed by atoms with Gasteiger partial charge in [-0.15, -0.1) is 0 Å². The van der Waals surface area contributed by atoms with Gasteiger partial charge in [-0.1, -0.05) is 0 Å². The minimum absolute atomic E-state index is 0.249. The fourth-order valence-electron chi connectivity index (χ4n) is 1.41. The lowest BCUT2D eigenvalue weighted by atomic mass is 10.2. The number of phenolic OH excluding ortho intramolecular Hbond substituents is 2. The van der Waals surface area contributed by atoms with E-state index in [4.69, 9.17) is 0 Å². The molecule has 0 atom stereocenters. The summed E-state index contributed by atoms with van der Waals surface area (Å²) in [6.07, 6.45) is 4.34. The summed E-state index contributed by atoms with van der Waals surface area (Å²) in [5.41, 5.74) is 3.23. The molecule has 0 saturated carbocycles. The van der Waals surface area contributed by atoms with Gasteiger partial charge in [-0.25, -0.2) is 5.43 Å². The highest BCUT2D eigenvalue weighted by atomic mass is 79.9. The number of benzene rings is 1. The number of hydrazone groups is 1. The average Bonchev–Trinajstić information content (AvgIpc) is 2.45. The zero-order valence-corrected chi connectivity index (χ0v) is 11.7. The average molecular weight is 336 g/mol. The Kier molecular flexibility index (Phi) is 4.31. The second kappa shape index (κ2) is 6.16. The molecule has 0 spiro atoms. The van der Waals surface area contributed by atoms with Crippen molar-refractivity contribution < 1.29 is 15.0 Å². The summed E-state index contributed by atoms with van der Waals surface area (Å²) >= 11 is 3.09. The fraction of sp³-hybridized carbons (Fsp3) is 0. The molecule has 20 heavy (non-hydrogen) atoms. The van der Waals surface area contributed by atoms with E-state index < -0.39 is 5.91 Å². The van der Waals surface area contributed by atoms with Crippen molar-refractivity contribution in [2.45, 2.75) is 0 Å². The Morgan fingerprint density at radius 3 is 2.85 bits per heavy atom. The van der Waals surface area contributed by atoms with E-state index in [0.717, 1.165) is 0 Å². The first kappa shape index (κ1) is 14.0. The molecule has 2 rings (SSSR count). The SMILES string of the molecule is O=C(N/N=C\c1cc(O)c(O)c(Br)c1)c1cccnc1. The first-order valence-electron chi connectivity index (χ1n) is 5.53. The number of halogens is 1. The van der Waals surface area contributed by atoms with E-state index in [0.29, 0.717) is 15.6 Å². The van der Waals surface area contributed by atoms with Crippen LogP contribution in [0.25, 0.3) is 0 Å². The molecule has 3 N–H and O–H groups in total. The topological polar surface area (TPSA) is 94.8 Å². The van der Waals surface area contributed by atoms with Crippen molar-refractivity contribution in [1.82, 2.24) is 10.4 Å². The molecule has 0 bridgehead atoms. The van der Waals surface area contributed by atoms with Gasteiger partial charge >= 0.3 is 0 Å². The number of hydrogen-bond acceptors (Lipinski definition) is 5. The van der Waals surface area contributed by atoms with E-state index in [2.05, 4.69) is 31.4 Å². The summed E-state index contributed by atoms with van der Waals surface area (Å²) in [5, 5.41) is 22.6. The smallest absolute Gasteiger partial charge is 0.272 e. The van der Waals surface area contributed by atoms with Crippen LogP contribution < -0.4 is 5.43 Å². The number of phenols is 2. The van der Waals surface area contributed by atoms with Crippen LogP contribution in [0.15, 0.2) is 46.2 Å². The number of carbonyl (C=O) groups is 1. The minimum Gasteiger partial charge on any atom is -0.504 e. The largest absolute Gasteiger partial charge is 0.504 e. The van der Waals surface area contributed by atoms with Crippen molar-refractivity contribution in [3.8, 4) is 11.5 Å². The molecule has 1 aromatic carbocycles. The van der Waals surface area contributed by atoms with Crippen LogP contribution in [0.5, 0.6) is 11.5 Å². The Labute approximate surface area is 122 Å². The summed E-state index contributed by atoms with van der Waals surface area (Å²) in [6, 6.07) is 6.13. The molecule has 0 saturated heterocycles. The van der Waals surface area contributed by atoms with Crippen LogP contribution in [0.3, 0.4) is 0 Å². The monoisotopic (exact) mass is 335 g/mol. The zero-order valence-electron chi connectivity index (χ0n) is 10.1. The lowest BCUT2D eigenvalue weighted by molar-refractivity contribution is 0.0955. The van der Waals surface area contributed by atoms with E-state index in [1.807, 2.05) is 0 Å². The Morgan fingerprint density at radius 1 is 1.40 bits per heavy atom. The maximum absolute atomic E-state index is 11.7. The van der Waals surface area contributed by atoms with E-state index in [9.17, 15) is 15.0 Å². The molecule has 7 heteroatoms. The number of pyridine rings is 1. The van der Waals surface area contributed by atoms with Crippen LogP contribution in [0, 0.1) is 0 Å². The molecule has 0 fully saturated rings. The summed E-state index contributed by atoms with van der Waals surface area (Å²) < 4.78 is 0.331. The summed E-state index contributed by atoms with van der Waals surface area (Å²) in [4.78, 5) is 15.5. The predicted octanol–water partition coefficient (Wildman–Crippen LogP) is 2.02. The van der Waals surface area contributed by atoms with Gasteiger partial charge in [0.1, 0.15) is 0 Å². The summed E-state index contributed by atoms with van der Waals surface area (Å²) in [7, 11) is 0. The van der Waals surface area contributed by atoms with E-state index in [1.54, 1.807) is 24.4 Å². The quantitative estimate of drug-likeness (QED) is 0.454. The molecule has 0 aliphatic carbocycles. The fourth-order valence-corrected chi connectivity index (χ4v) is 1.87. The van der Waals surface area contributed by atoms with Crippen LogP contribution in [0.1, 0.15) is 15.9 Å². The lowest BCUT2D eigenvalue weighted by Gasteiger charge is -2.02. The molecular weight excluding hydrogens is 326 g/mol. The summed E-state index contributed by atoms with van der Waals surface area (Å²) in [6.45, 7) is 0. The highest BCUT2D eigenvalue weighted by Gasteiger charge is 2.06. The van der Waals surface area contributed by atoms with Gasteiger partial charge in [0.2, 0.25) is 0 Å². The number of amides is 1. The first-order valence-corrected chi connectivity index (χ1v) is 6.32. The Bertz CT molecular complexity index is 636. The molecule has 6 nitrogen and oxygen atoms in total. The van der Waals surface area contributed by atoms with Gasteiger partial charge in [0.15, 0.2) is 11.5 Å². The number of carbonyl (C=O) groups excluding carboxylic acids is 1. The maximum atomic E-state index is 11.7. The molecule has 0 radical (unpaired) electrons. The number of aromatic nitrogens is 1. The molecule has 0 aliphatic rings. The number of nitrogens with one attached hydrogen (secondary N) is 1. The van der Waals surface area contributed by atoms with Crippen molar-refractivity contribution in [3.63, 3.8) is 0 Å². The van der Waals surface area contributed by atoms with Crippen LogP contribution >= 0.6 is 15.9 Å². The Hall–Kier alpha value is -2.41. The van der Waals surface area contributed by atoms with E-state index in [-0.39, 0.29) is 11.5 Å². The van der Waals surface area contributed by atoms with E-state index in [1.165, 1.54) is 18.5 Å². The van der Waals surface area contributed by atoms with E-state index >= 15 is 0 Å². The van der Waals surface area contributed by atoms with Gasteiger partial charge < -0.3 is 10.2 Å². The highest BCUT2D eigenvalue weighted by molar-refractivity contribution is 9.10. The number of nitrogens with zero attached hydrogens (tertiary/aromatic N) is 2. The highest BCUT2D eigenvalue weighted by Crippen LogP contribution is 2.33. The summed E-state index contributed by atoms with van der Waals surface area (Å²) in [5.74, 6) is -0.919. The zero-order chi connectivity index (χ0) is 14.5. The third-order valence-electron chi connectivity index (χ3n) is 2.37. The maximum Gasteiger partial charge on any atom is 0.272 e. The van der Waals surface area contributed by atoms with Crippen LogP contribution in [0.2, 0.25) is 0 Å². The lowest BCUT2D eigenvalue weighted by Crippen LogP contribution is -2.17. The van der Waals surface area contributed by atoms with Crippen molar-refractivity contribution in [1.29, 1.82) is 0 Å². The first-order chi connectivity index (χ1) is 9.58. The van der Waals surface area contributed by atoms with Crippen molar-refractivity contribution in [2.24, 2.45) is 5.10 Å². The van der Waals surface area contributed by atoms with Gasteiger partial charge in [0, 0.05) is 12.4 Å². The third-order valence-corrected chi connectivity index (χ3v) is 2.97. The number of aromatic hydroxyl groups is 2. The molecule has 2 aromatic rings. The standard InChI is InChI=1S/C13H10BrN3O3/c14-10-4-8(5-11(18)12(10)19)6-16-17-13(20)9-2-1-3-15-7-9/h1-7,18-19H,(H,17,20)/b16-6-. The van der Waals surface area contributed by atoms with Crippen molar-refractivity contribution in [2.75, 3.05) is 0 Å². The second-order valence-electron chi connectivity index (χ2n) is 3.81. The molecule has 0 unspecified atom stereocenters. The van der Waals surface area contributed by atoms with Gasteiger partial charge in [-0.3, -0.25) is 9.78 Å². The molecular formula is C13H10BrN3O3. The Balaban J connectivity index is 2.06. The van der Waals surface area contributed by atoms with Crippen LogP contribution in [-0.4, -0.2) is 27.3 Å². The molecule has 102 valence electrons. The van der Waals surface area contributed by atoms with Gasteiger partial charge in [-0.2, -0.15) is 5.10 Å². The molecule has 1 heterocycles. The van der Waals surface area contributed by atoms with Crippen LogP contribution in [0.4, 0.5) is 0 Å². The number of rotatable bonds is 3. The second-order valence-corrected chi connectivity index (χ2v) is 4.67. The van der Waals surface area contributed by atoms with Gasteiger partial charge in [0.25, 0.3) is 5.91 Å². The molecule has 1 amide bonds. The Morgan fingerprint density at radius 2 is 2.20 bits per heavy atom. The molecule has 1 aromatic heterocycles. The predicted molar refractivity (Wildman–Crippen MR) is 76.8 cm³/mol. The third kappa shape index (κ3) is 3.33. The van der Waals surface area contributed by atoms with Gasteiger partial charge in [-0.05, 0) is 45.8 Å². The van der Waals surface area contributed by atoms with Gasteiger partial charge in [0.05, 0.1) is 16.3 Å². The van der Waals surface area contributed by atoms with Crippen LogP contribution in [-0.2, 0) is 0 Å². The number of hydrogen-bond donors (Lipinski definition) is 3. The molecule has 0 aliphatic heterocycles. The van der Waals surface area contributed by atoms with Crippen molar-refractivity contribution in [3.05, 3.63) is 52.3 Å². The van der Waals surface area contributed by atoms with Crippen molar-refractivity contribution >= 4 is 28.1 Å².